The zero-order chi connectivity index (χ0) is 11.6. The highest BCUT2D eigenvalue weighted by Gasteiger charge is 2.24. The van der Waals surface area contributed by atoms with E-state index in [4.69, 9.17) is 11.6 Å². The zero-order valence-corrected chi connectivity index (χ0v) is 9.70. The Bertz CT molecular complexity index is 437. The third kappa shape index (κ3) is 2.42. The Morgan fingerprint density at radius 1 is 1.73 bits per heavy atom. The molecule has 6 nitrogen and oxygen atoms in total. The summed E-state index contributed by atoms with van der Waals surface area (Å²) in [6.07, 6.45) is 0. The van der Waals surface area contributed by atoms with Crippen LogP contribution in [0.25, 0.3) is 0 Å². The molecule has 1 rings (SSSR count). The SMILES string of the molecule is COC(=O)c1nc(Cl)c(Br)cc1[N+](=O)[O-]. The summed E-state index contributed by atoms with van der Waals surface area (Å²) in [5.74, 6) is -0.906. The summed E-state index contributed by atoms with van der Waals surface area (Å²) >= 11 is 8.57. The fourth-order valence-corrected chi connectivity index (χ4v) is 1.29. The molecular formula is C7H4BrClN2O4. The Kier molecular flexibility index (Phi) is 3.59. The third-order valence-electron chi connectivity index (χ3n) is 1.49. The van der Waals surface area contributed by atoms with E-state index in [-0.39, 0.29) is 9.63 Å². The van der Waals surface area contributed by atoms with E-state index in [1.807, 2.05) is 0 Å². The number of hydrogen-bond donors (Lipinski definition) is 0. The van der Waals surface area contributed by atoms with Gasteiger partial charge in [-0.1, -0.05) is 11.6 Å². The lowest BCUT2D eigenvalue weighted by Gasteiger charge is -2.01. The fraction of sp³-hybridized carbons (Fsp3) is 0.143. The molecule has 0 aliphatic heterocycles. The molecular weight excluding hydrogens is 291 g/mol. The van der Waals surface area contributed by atoms with Crippen molar-refractivity contribution in [2.75, 3.05) is 7.11 Å². The molecule has 0 saturated heterocycles. The van der Waals surface area contributed by atoms with Crippen molar-refractivity contribution < 1.29 is 14.5 Å². The molecule has 0 spiro atoms. The van der Waals surface area contributed by atoms with E-state index in [0.29, 0.717) is 0 Å². The Labute approximate surface area is 97.5 Å². The molecule has 0 unspecified atom stereocenters. The number of pyridine rings is 1. The van der Waals surface area contributed by atoms with E-state index in [0.717, 1.165) is 13.2 Å². The summed E-state index contributed by atoms with van der Waals surface area (Å²) in [6, 6.07) is 1.10. The van der Waals surface area contributed by atoms with Crippen molar-refractivity contribution in [2.45, 2.75) is 0 Å². The number of hydrogen-bond acceptors (Lipinski definition) is 5. The van der Waals surface area contributed by atoms with Gasteiger partial charge in [0, 0.05) is 6.07 Å². The van der Waals surface area contributed by atoms with Crippen molar-refractivity contribution >= 4 is 39.2 Å². The number of rotatable bonds is 2. The van der Waals surface area contributed by atoms with Crippen molar-refractivity contribution in [3.8, 4) is 0 Å². The van der Waals surface area contributed by atoms with Gasteiger partial charge in [0.1, 0.15) is 5.15 Å². The standard InChI is InChI=1S/C7H4BrClN2O4/c1-15-7(12)5-4(11(13)14)2-3(8)6(9)10-5/h2H,1H3. The number of esters is 1. The maximum Gasteiger partial charge on any atom is 0.363 e. The second kappa shape index (κ2) is 4.54. The Hall–Kier alpha value is -1.21. The number of carbonyl (C=O) groups excluding carboxylic acids is 1. The van der Waals surface area contributed by atoms with Gasteiger partial charge in [-0.15, -0.1) is 0 Å². The normalized spacial score (nSPS) is 9.80. The van der Waals surface area contributed by atoms with Crippen LogP contribution in [-0.4, -0.2) is 23.0 Å². The van der Waals surface area contributed by atoms with Crippen LogP contribution in [0.4, 0.5) is 5.69 Å². The van der Waals surface area contributed by atoms with Gasteiger partial charge in [-0.25, -0.2) is 9.78 Å². The predicted molar refractivity (Wildman–Crippen MR) is 54.9 cm³/mol. The second-order valence-corrected chi connectivity index (χ2v) is 3.59. The number of carbonyl (C=O) groups is 1. The molecule has 0 amide bonds. The zero-order valence-electron chi connectivity index (χ0n) is 7.36. The molecule has 0 atom stereocenters. The van der Waals surface area contributed by atoms with E-state index in [1.54, 1.807) is 0 Å². The molecule has 0 fully saturated rings. The number of nitro groups is 1. The molecule has 0 aromatic carbocycles. The number of nitrogens with zero attached hydrogens (tertiary/aromatic N) is 2. The van der Waals surface area contributed by atoms with Gasteiger partial charge in [-0.2, -0.15) is 0 Å². The molecule has 0 aliphatic carbocycles. The van der Waals surface area contributed by atoms with E-state index >= 15 is 0 Å². The average molecular weight is 295 g/mol. The van der Waals surface area contributed by atoms with Crippen LogP contribution in [0.3, 0.4) is 0 Å². The highest BCUT2D eigenvalue weighted by Crippen LogP contribution is 2.27. The van der Waals surface area contributed by atoms with Crippen LogP contribution in [-0.2, 0) is 4.74 Å². The average Bonchev–Trinajstić information content (AvgIpc) is 2.20. The highest BCUT2D eigenvalue weighted by molar-refractivity contribution is 9.10. The van der Waals surface area contributed by atoms with Crippen molar-refractivity contribution in [3.63, 3.8) is 0 Å². The van der Waals surface area contributed by atoms with Gasteiger partial charge in [-0.3, -0.25) is 10.1 Å². The molecule has 80 valence electrons. The van der Waals surface area contributed by atoms with Gasteiger partial charge in [0.05, 0.1) is 16.5 Å². The monoisotopic (exact) mass is 294 g/mol. The minimum Gasteiger partial charge on any atom is -0.464 e. The first-order valence-corrected chi connectivity index (χ1v) is 4.73. The van der Waals surface area contributed by atoms with Gasteiger partial charge >= 0.3 is 11.7 Å². The first-order chi connectivity index (χ1) is 6.97. The minimum atomic E-state index is -0.906. The van der Waals surface area contributed by atoms with E-state index in [9.17, 15) is 14.9 Å². The maximum absolute atomic E-state index is 11.1. The Morgan fingerprint density at radius 2 is 2.33 bits per heavy atom. The van der Waals surface area contributed by atoms with Crippen LogP contribution >= 0.6 is 27.5 Å². The van der Waals surface area contributed by atoms with Crippen molar-refractivity contribution in [1.82, 2.24) is 4.98 Å². The quantitative estimate of drug-likeness (QED) is 0.361. The summed E-state index contributed by atoms with van der Waals surface area (Å²) in [5.41, 5.74) is -0.881. The summed E-state index contributed by atoms with van der Waals surface area (Å²) in [7, 11) is 1.10. The van der Waals surface area contributed by atoms with Crippen LogP contribution in [0.1, 0.15) is 10.5 Å². The smallest absolute Gasteiger partial charge is 0.363 e. The summed E-state index contributed by atoms with van der Waals surface area (Å²) in [4.78, 5) is 24.6. The predicted octanol–water partition coefficient (Wildman–Crippen LogP) is 2.19. The Balaban J connectivity index is 3.41. The highest BCUT2D eigenvalue weighted by atomic mass is 79.9. The van der Waals surface area contributed by atoms with E-state index in [2.05, 4.69) is 25.7 Å². The molecule has 1 aromatic rings. The largest absolute Gasteiger partial charge is 0.464 e. The van der Waals surface area contributed by atoms with Gasteiger partial charge in [0.25, 0.3) is 0 Å². The second-order valence-electron chi connectivity index (χ2n) is 2.38. The van der Waals surface area contributed by atoms with Crippen LogP contribution in [0, 0.1) is 10.1 Å². The van der Waals surface area contributed by atoms with Crippen molar-refractivity contribution in [1.29, 1.82) is 0 Å². The molecule has 0 bridgehead atoms. The molecule has 0 saturated carbocycles. The maximum atomic E-state index is 11.1. The molecule has 0 N–H and O–H groups in total. The fourth-order valence-electron chi connectivity index (χ4n) is 0.843. The molecule has 8 heteroatoms. The topological polar surface area (TPSA) is 82.3 Å². The molecule has 0 radical (unpaired) electrons. The van der Waals surface area contributed by atoms with E-state index in [1.165, 1.54) is 0 Å². The number of methoxy groups -OCH3 is 1. The number of aromatic nitrogens is 1. The van der Waals surface area contributed by atoms with E-state index < -0.39 is 22.3 Å². The van der Waals surface area contributed by atoms with Crippen LogP contribution < -0.4 is 0 Å². The molecule has 1 heterocycles. The minimum absolute atomic E-state index is 0.0407. The molecule has 1 aromatic heterocycles. The molecule has 0 aliphatic rings. The lowest BCUT2D eigenvalue weighted by Crippen LogP contribution is -2.08. The van der Waals surface area contributed by atoms with Crippen LogP contribution in [0.5, 0.6) is 0 Å². The van der Waals surface area contributed by atoms with Crippen LogP contribution in [0.15, 0.2) is 10.5 Å². The van der Waals surface area contributed by atoms with Crippen molar-refractivity contribution in [3.05, 3.63) is 31.5 Å². The first kappa shape index (κ1) is 11.9. The Morgan fingerprint density at radius 3 is 2.80 bits per heavy atom. The van der Waals surface area contributed by atoms with Gasteiger partial charge in [0.2, 0.25) is 5.69 Å². The van der Waals surface area contributed by atoms with Gasteiger partial charge in [0.15, 0.2) is 0 Å². The number of halogens is 2. The first-order valence-electron chi connectivity index (χ1n) is 3.56. The third-order valence-corrected chi connectivity index (χ3v) is 2.61. The van der Waals surface area contributed by atoms with Gasteiger partial charge < -0.3 is 4.74 Å². The van der Waals surface area contributed by atoms with Gasteiger partial charge in [-0.05, 0) is 15.9 Å². The summed E-state index contributed by atoms with van der Waals surface area (Å²) in [5, 5.41) is 10.6. The number of ether oxygens (including phenoxy) is 1. The van der Waals surface area contributed by atoms with Crippen LogP contribution in [0.2, 0.25) is 5.15 Å². The molecule has 15 heavy (non-hydrogen) atoms. The lowest BCUT2D eigenvalue weighted by atomic mass is 10.3. The lowest BCUT2D eigenvalue weighted by molar-refractivity contribution is -0.385. The summed E-state index contributed by atoms with van der Waals surface area (Å²) in [6.45, 7) is 0. The van der Waals surface area contributed by atoms with Crippen molar-refractivity contribution in [2.24, 2.45) is 0 Å². The summed E-state index contributed by atoms with van der Waals surface area (Å²) < 4.78 is 4.58.